The van der Waals surface area contributed by atoms with Gasteiger partial charge in [0.1, 0.15) is 0 Å². The summed E-state index contributed by atoms with van der Waals surface area (Å²) in [5.74, 6) is -0.324. The molecule has 8 nitrogen and oxygen atoms in total. The largest absolute Gasteiger partial charge is 0.323 e. The maximum Gasteiger partial charge on any atom is 0.266 e. The molecular weight excluding hydrogens is 542 g/mol. The molecule has 0 saturated heterocycles. The zero-order valence-corrected chi connectivity index (χ0v) is 25.3. The van der Waals surface area contributed by atoms with Crippen molar-refractivity contribution < 1.29 is 4.79 Å². The molecular formula is C35H35N3O5. The standard InChI is InChI=1S/C35H35N3O5/c1-7-34(3,4)22-12-9-21(10-13-22)11-18-29(39)36-23-14-16-24(17-15-23)37-30(40)25-19-27-28(20-26(25)31(37)41)33(43)38(32(27)42)35(5,6)8-2/h9-20H,7-8H2,1-6H3,(H,36,39)/b18-11+. The number of benzene rings is 3. The van der Waals surface area contributed by atoms with E-state index >= 15 is 0 Å². The molecule has 0 aliphatic heterocycles. The van der Waals surface area contributed by atoms with E-state index in [4.69, 9.17) is 0 Å². The predicted molar refractivity (Wildman–Crippen MR) is 173 cm³/mol. The van der Waals surface area contributed by atoms with Gasteiger partial charge in [-0.05, 0) is 85.7 Å². The molecule has 0 saturated carbocycles. The van der Waals surface area contributed by atoms with Crippen LogP contribution in [0, 0.1) is 0 Å². The number of carbonyl (C=O) groups is 1. The van der Waals surface area contributed by atoms with E-state index in [2.05, 4.69) is 38.2 Å². The summed E-state index contributed by atoms with van der Waals surface area (Å²) < 4.78 is 2.21. The molecule has 5 rings (SSSR count). The van der Waals surface area contributed by atoms with Crippen LogP contribution in [0.1, 0.15) is 65.5 Å². The van der Waals surface area contributed by atoms with Crippen LogP contribution < -0.4 is 27.6 Å². The van der Waals surface area contributed by atoms with Crippen molar-refractivity contribution in [2.45, 2.75) is 65.3 Å². The monoisotopic (exact) mass is 577 g/mol. The Kier molecular flexibility index (Phi) is 7.42. The molecule has 0 aliphatic carbocycles. The maximum absolute atomic E-state index is 13.3. The molecule has 0 unspecified atom stereocenters. The zero-order chi connectivity index (χ0) is 31.3. The predicted octanol–water partition coefficient (Wildman–Crippen LogP) is 5.39. The first kappa shape index (κ1) is 29.6. The Bertz CT molecular complexity index is 2020. The molecule has 5 aromatic rings. The molecule has 43 heavy (non-hydrogen) atoms. The number of rotatable bonds is 8. The number of nitrogens with zero attached hydrogens (tertiary/aromatic N) is 2. The van der Waals surface area contributed by atoms with Crippen molar-refractivity contribution in [1.29, 1.82) is 0 Å². The van der Waals surface area contributed by atoms with Gasteiger partial charge in [-0.1, -0.05) is 52.0 Å². The summed E-state index contributed by atoms with van der Waals surface area (Å²) >= 11 is 0. The molecule has 1 N–H and O–H groups in total. The summed E-state index contributed by atoms with van der Waals surface area (Å²) in [6, 6.07) is 17.1. The van der Waals surface area contributed by atoms with Gasteiger partial charge in [-0.25, -0.2) is 4.57 Å². The zero-order valence-electron chi connectivity index (χ0n) is 25.3. The van der Waals surface area contributed by atoms with E-state index in [0.29, 0.717) is 17.8 Å². The summed E-state index contributed by atoms with van der Waals surface area (Å²) in [5.41, 5.74) is 0.220. The number of nitrogens with one attached hydrogen (secondary N) is 1. The molecule has 0 radical (unpaired) electrons. The summed E-state index contributed by atoms with van der Waals surface area (Å²) in [6.45, 7) is 12.0. The van der Waals surface area contributed by atoms with E-state index in [1.165, 1.54) is 28.3 Å². The van der Waals surface area contributed by atoms with Crippen molar-refractivity contribution in [3.63, 3.8) is 0 Å². The van der Waals surface area contributed by atoms with E-state index in [0.717, 1.165) is 16.6 Å². The van der Waals surface area contributed by atoms with Crippen LogP contribution in [0.15, 0.2) is 85.9 Å². The van der Waals surface area contributed by atoms with E-state index in [1.54, 1.807) is 44.2 Å². The number of amides is 1. The van der Waals surface area contributed by atoms with Crippen LogP contribution in [0.3, 0.4) is 0 Å². The van der Waals surface area contributed by atoms with Crippen molar-refractivity contribution in [3.8, 4) is 5.69 Å². The first-order valence-corrected chi connectivity index (χ1v) is 14.4. The molecule has 2 heterocycles. The Hall–Kier alpha value is -4.85. The highest BCUT2D eigenvalue weighted by Crippen LogP contribution is 2.27. The quantitative estimate of drug-likeness (QED) is 0.249. The third-order valence-corrected chi connectivity index (χ3v) is 8.76. The number of carbonyl (C=O) groups excluding carboxylic acids is 1. The average Bonchev–Trinajstić information content (AvgIpc) is 3.39. The van der Waals surface area contributed by atoms with Gasteiger partial charge >= 0.3 is 0 Å². The lowest BCUT2D eigenvalue weighted by atomic mass is 9.82. The van der Waals surface area contributed by atoms with Gasteiger partial charge in [-0.3, -0.25) is 28.5 Å². The minimum Gasteiger partial charge on any atom is -0.323 e. The van der Waals surface area contributed by atoms with Crippen molar-refractivity contribution in [3.05, 3.63) is 119 Å². The lowest BCUT2D eigenvalue weighted by molar-refractivity contribution is -0.111. The molecule has 2 aromatic heterocycles. The van der Waals surface area contributed by atoms with E-state index in [-0.39, 0.29) is 32.9 Å². The van der Waals surface area contributed by atoms with E-state index in [9.17, 15) is 24.0 Å². The highest BCUT2D eigenvalue weighted by atomic mass is 16.2. The Labute approximate surface area is 248 Å². The van der Waals surface area contributed by atoms with Gasteiger partial charge in [-0.15, -0.1) is 0 Å². The minimum absolute atomic E-state index is 0.0786. The van der Waals surface area contributed by atoms with Crippen LogP contribution in [0.2, 0.25) is 0 Å². The molecule has 0 aliphatic rings. The van der Waals surface area contributed by atoms with Crippen LogP contribution in [0.25, 0.3) is 33.3 Å². The Balaban J connectivity index is 1.39. The van der Waals surface area contributed by atoms with Crippen LogP contribution >= 0.6 is 0 Å². The fraction of sp³-hybridized carbons (Fsp3) is 0.286. The van der Waals surface area contributed by atoms with Gasteiger partial charge in [0, 0.05) is 17.3 Å². The van der Waals surface area contributed by atoms with Gasteiger partial charge in [0.2, 0.25) is 5.91 Å². The second-order valence-corrected chi connectivity index (χ2v) is 12.2. The highest BCUT2D eigenvalue weighted by molar-refractivity contribution is 6.02. The number of anilines is 1. The SMILES string of the molecule is CCC(C)(C)c1ccc(/C=C/C(=O)Nc2ccc(-n3c(=O)c4cc5c(=O)n(C(C)(C)CC)c(=O)c5cc4c3=O)cc2)cc1. The minimum atomic E-state index is -0.706. The van der Waals surface area contributed by atoms with Crippen LogP contribution in [0.5, 0.6) is 0 Å². The second-order valence-electron chi connectivity index (χ2n) is 12.2. The molecule has 3 aromatic carbocycles. The molecule has 0 spiro atoms. The molecule has 1 amide bonds. The smallest absolute Gasteiger partial charge is 0.266 e. The van der Waals surface area contributed by atoms with Crippen LogP contribution in [-0.2, 0) is 15.7 Å². The molecule has 0 atom stereocenters. The fourth-order valence-electron chi connectivity index (χ4n) is 5.22. The van der Waals surface area contributed by atoms with E-state index in [1.807, 2.05) is 19.1 Å². The first-order valence-electron chi connectivity index (χ1n) is 14.4. The van der Waals surface area contributed by atoms with Crippen LogP contribution in [-0.4, -0.2) is 15.0 Å². The Morgan fingerprint density at radius 2 is 1.23 bits per heavy atom. The molecule has 0 bridgehead atoms. The summed E-state index contributed by atoms with van der Waals surface area (Å²) in [5, 5.41) is 3.19. The van der Waals surface area contributed by atoms with Crippen molar-refractivity contribution in [1.82, 2.24) is 9.13 Å². The fourth-order valence-corrected chi connectivity index (χ4v) is 5.22. The van der Waals surface area contributed by atoms with Gasteiger partial charge in [0.25, 0.3) is 22.2 Å². The molecule has 220 valence electrons. The molecule has 8 heteroatoms. The van der Waals surface area contributed by atoms with Gasteiger partial charge in [0.05, 0.1) is 27.2 Å². The molecule has 0 fully saturated rings. The second kappa shape index (κ2) is 10.8. The summed E-state index contributed by atoms with van der Waals surface area (Å²) in [6.07, 6.45) is 4.77. The maximum atomic E-state index is 13.3. The third kappa shape index (κ3) is 5.18. The topological polar surface area (TPSA) is 107 Å². The van der Waals surface area contributed by atoms with Gasteiger partial charge < -0.3 is 5.32 Å². The third-order valence-electron chi connectivity index (χ3n) is 8.76. The number of fused-ring (bicyclic) bond motifs is 2. The number of aromatic nitrogens is 2. The first-order chi connectivity index (χ1) is 20.3. The van der Waals surface area contributed by atoms with Gasteiger partial charge in [0.15, 0.2) is 0 Å². The lowest BCUT2D eigenvalue weighted by Gasteiger charge is -2.23. The summed E-state index contributed by atoms with van der Waals surface area (Å²) in [7, 11) is 0. The van der Waals surface area contributed by atoms with E-state index < -0.39 is 27.8 Å². The highest BCUT2D eigenvalue weighted by Gasteiger charge is 2.27. The van der Waals surface area contributed by atoms with Crippen LogP contribution in [0.4, 0.5) is 5.69 Å². The number of hydrogen-bond donors (Lipinski definition) is 1. The number of hydrogen-bond acceptors (Lipinski definition) is 5. The Morgan fingerprint density at radius 3 is 1.72 bits per heavy atom. The van der Waals surface area contributed by atoms with Crippen molar-refractivity contribution >= 4 is 39.2 Å². The average molecular weight is 578 g/mol. The summed E-state index contributed by atoms with van der Waals surface area (Å²) in [4.78, 5) is 65.4. The van der Waals surface area contributed by atoms with Crippen molar-refractivity contribution in [2.75, 3.05) is 5.32 Å². The Morgan fingerprint density at radius 1 is 0.721 bits per heavy atom. The lowest BCUT2D eigenvalue weighted by Crippen LogP contribution is -2.40. The normalized spacial score (nSPS) is 12.5. The van der Waals surface area contributed by atoms with Gasteiger partial charge in [-0.2, -0.15) is 0 Å². The van der Waals surface area contributed by atoms with Crippen molar-refractivity contribution in [2.24, 2.45) is 0 Å².